The van der Waals surface area contributed by atoms with E-state index in [-0.39, 0.29) is 10.8 Å². The number of hydrogen-bond acceptors (Lipinski definition) is 7. The molecule has 0 spiro atoms. The highest BCUT2D eigenvalue weighted by Gasteiger charge is 2.14. The van der Waals surface area contributed by atoms with Crippen LogP contribution in [0.5, 0.6) is 0 Å². The molecule has 0 radical (unpaired) electrons. The number of ether oxygens (including phenoxy) is 1. The fourth-order valence-electron chi connectivity index (χ4n) is 0.926. The van der Waals surface area contributed by atoms with Gasteiger partial charge in [0.05, 0.1) is 12.8 Å². The van der Waals surface area contributed by atoms with Crippen molar-refractivity contribution in [3.8, 4) is 0 Å². The Labute approximate surface area is 96.9 Å². The van der Waals surface area contributed by atoms with Gasteiger partial charge >= 0.3 is 5.97 Å². The standard InChI is InChI=1S/C8H11ClN4O3/c1-15-3-2-11-5-4-12-6(7(9)13-5)8(14)16-10/h4H,2-3,10H2,1H3,(H,11,13). The minimum Gasteiger partial charge on any atom is -0.383 e. The summed E-state index contributed by atoms with van der Waals surface area (Å²) in [6.07, 6.45) is 1.35. The van der Waals surface area contributed by atoms with Crippen molar-refractivity contribution in [3.63, 3.8) is 0 Å². The Kier molecular flexibility index (Phi) is 4.90. The van der Waals surface area contributed by atoms with E-state index in [0.717, 1.165) is 0 Å². The van der Waals surface area contributed by atoms with Crippen LogP contribution in [0, 0.1) is 0 Å². The van der Waals surface area contributed by atoms with E-state index in [0.29, 0.717) is 19.0 Å². The molecule has 8 heteroatoms. The van der Waals surface area contributed by atoms with Gasteiger partial charge in [0.25, 0.3) is 0 Å². The van der Waals surface area contributed by atoms with Gasteiger partial charge in [-0.1, -0.05) is 11.6 Å². The van der Waals surface area contributed by atoms with E-state index in [1.54, 1.807) is 7.11 Å². The second-order valence-electron chi connectivity index (χ2n) is 2.72. The average molecular weight is 247 g/mol. The fraction of sp³-hybridized carbons (Fsp3) is 0.375. The predicted octanol–water partition coefficient (Wildman–Crippen LogP) is 0.219. The van der Waals surface area contributed by atoms with Crippen molar-refractivity contribution in [1.82, 2.24) is 9.97 Å². The zero-order valence-electron chi connectivity index (χ0n) is 8.57. The molecule has 0 aliphatic carbocycles. The van der Waals surface area contributed by atoms with Crippen LogP contribution in [0.2, 0.25) is 5.15 Å². The highest BCUT2D eigenvalue weighted by Crippen LogP contribution is 2.13. The second-order valence-corrected chi connectivity index (χ2v) is 3.08. The molecule has 0 fully saturated rings. The Bertz CT molecular complexity index is 374. The number of halogens is 1. The van der Waals surface area contributed by atoms with Crippen LogP contribution in [0.25, 0.3) is 0 Å². The lowest BCUT2D eigenvalue weighted by atomic mass is 10.4. The zero-order chi connectivity index (χ0) is 12.0. The molecular weight excluding hydrogens is 236 g/mol. The van der Waals surface area contributed by atoms with Gasteiger partial charge < -0.3 is 14.9 Å². The number of nitrogens with one attached hydrogen (secondary N) is 1. The molecule has 0 aliphatic rings. The minimum absolute atomic E-state index is 0.0714. The number of hydrogen-bond donors (Lipinski definition) is 2. The topological polar surface area (TPSA) is 99.4 Å². The van der Waals surface area contributed by atoms with E-state index < -0.39 is 5.97 Å². The summed E-state index contributed by atoms with van der Waals surface area (Å²) >= 11 is 5.71. The molecule has 0 bridgehead atoms. The van der Waals surface area contributed by atoms with Crippen molar-refractivity contribution in [1.29, 1.82) is 0 Å². The van der Waals surface area contributed by atoms with Crippen LogP contribution >= 0.6 is 11.6 Å². The molecule has 7 nitrogen and oxygen atoms in total. The third-order valence-electron chi connectivity index (χ3n) is 1.64. The van der Waals surface area contributed by atoms with Gasteiger partial charge in [0, 0.05) is 13.7 Å². The summed E-state index contributed by atoms with van der Waals surface area (Å²) in [6, 6.07) is 0. The number of rotatable bonds is 5. The molecule has 0 amide bonds. The van der Waals surface area contributed by atoms with Gasteiger partial charge in [-0.25, -0.2) is 14.8 Å². The molecule has 1 aromatic heterocycles. The highest BCUT2D eigenvalue weighted by molar-refractivity contribution is 6.32. The van der Waals surface area contributed by atoms with Crippen LogP contribution in [0.3, 0.4) is 0 Å². The average Bonchev–Trinajstić information content (AvgIpc) is 2.29. The van der Waals surface area contributed by atoms with E-state index in [4.69, 9.17) is 22.2 Å². The molecule has 0 saturated carbocycles. The van der Waals surface area contributed by atoms with Crippen molar-refractivity contribution < 1.29 is 14.4 Å². The summed E-state index contributed by atoms with van der Waals surface area (Å²) in [5.74, 6) is 4.31. The van der Waals surface area contributed by atoms with Gasteiger partial charge in [-0.15, -0.1) is 0 Å². The molecule has 1 rings (SSSR count). The Balaban J connectivity index is 2.71. The lowest BCUT2D eigenvalue weighted by Crippen LogP contribution is -2.15. The predicted molar refractivity (Wildman–Crippen MR) is 57.0 cm³/mol. The SMILES string of the molecule is COCCNc1cnc(C(=O)ON)c(Cl)n1. The third-order valence-corrected chi connectivity index (χ3v) is 1.91. The molecule has 0 unspecified atom stereocenters. The van der Waals surface area contributed by atoms with Crippen LogP contribution in [0.4, 0.5) is 5.82 Å². The van der Waals surface area contributed by atoms with E-state index in [1.165, 1.54) is 6.20 Å². The van der Waals surface area contributed by atoms with Gasteiger partial charge in [-0.3, -0.25) is 0 Å². The molecule has 0 aliphatic heterocycles. The maximum Gasteiger partial charge on any atom is 0.378 e. The van der Waals surface area contributed by atoms with Crippen LogP contribution in [-0.2, 0) is 9.57 Å². The Morgan fingerprint density at radius 3 is 3.00 bits per heavy atom. The van der Waals surface area contributed by atoms with Crippen molar-refractivity contribution in [2.45, 2.75) is 0 Å². The van der Waals surface area contributed by atoms with E-state index >= 15 is 0 Å². The number of aromatic nitrogens is 2. The molecule has 0 saturated heterocycles. The van der Waals surface area contributed by atoms with Gasteiger partial charge in [-0.05, 0) is 0 Å². The van der Waals surface area contributed by atoms with Crippen molar-refractivity contribution >= 4 is 23.4 Å². The number of nitrogens with two attached hydrogens (primary N) is 1. The van der Waals surface area contributed by atoms with Gasteiger partial charge in [0.2, 0.25) is 0 Å². The first-order valence-corrected chi connectivity index (χ1v) is 4.73. The molecule has 1 heterocycles. The maximum absolute atomic E-state index is 11.0. The molecule has 88 valence electrons. The molecule has 1 aromatic rings. The second kappa shape index (κ2) is 6.21. The Morgan fingerprint density at radius 2 is 2.44 bits per heavy atom. The number of carbonyl (C=O) groups is 1. The molecule has 16 heavy (non-hydrogen) atoms. The van der Waals surface area contributed by atoms with E-state index in [1.807, 2.05) is 0 Å². The van der Waals surface area contributed by atoms with Crippen LogP contribution in [0.15, 0.2) is 6.20 Å². The van der Waals surface area contributed by atoms with Crippen LogP contribution in [0.1, 0.15) is 10.5 Å². The van der Waals surface area contributed by atoms with Crippen molar-refractivity contribution in [2.24, 2.45) is 5.90 Å². The van der Waals surface area contributed by atoms with Crippen LogP contribution in [-0.4, -0.2) is 36.2 Å². The molecular formula is C8H11ClN4O3. The van der Waals surface area contributed by atoms with Crippen molar-refractivity contribution in [2.75, 3.05) is 25.6 Å². The number of methoxy groups -OCH3 is 1. The summed E-state index contributed by atoms with van der Waals surface area (Å²) in [7, 11) is 1.58. The lowest BCUT2D eigenvalue weighted by molar-refractivity contribution is 0.0496. The van der Waals surface area contributed by atoms with E-state index in [9.17, 15) is 4.79 Å². The summed E-state index contributed by atoms with van der Waals surface area (Å²) in [5, 5.41) is 2.83. The summed E-state index contributed by atoms with van der Waals surface area (Å²) in [5.41, 5.74) is -0.124. The summed E-state index contributed by atoms with van der Waals surface area (Å²) in [4.78, 5) is 22.7. The monoisotopic (exact) mass is 246 g/mol. The molecule has 0 aromatic carbocycles. The number of anilines is 1. The third kappa shape index (κ3) is 3.30. The smallest absolute Gasteiger partial charge is 0.378 e. The maximum atomic E-state index is 11.0. The van der Waals surface area contributed by atoms with Crippen LogP contribution < -0.4 is 11.2 Å². The van der Waals surface area contributed by atoms with Gasteiger partial charge in [0.15, 0.2) is 10.8 Å². The lowest BCUT2D eigenvalue weighted by Gasteiger charge is -2.05. The Hall–Kier alpha value is -1.44. The van der Waals surface area contributed by atoms with Crippen molar-refractivity contribution in [3.05, 3.63) is 17.0 Å². The first kappa shape index (κ1) is 12.6. The number of nitrogens with zero attached hydrogens (tertiary/aromatic N) is 2. The number of carbonyl (C=O) groups excluding carboxylic acids is 1. The largest absolute Gasteiger partial charge is 0.383 e. The summed E-state index contributed by atoms with van der Waals surface area (Å²) < 4.78 is 4.84. The van der Waals surface area contributed by atoms with Gasteiger partial charge in [-0.2, -0.15) is 5.90 Å². The minimum atomic E-state index is -0.832. The van der Waals surface area contributed by atoms with Gasteiger partial charge in [0.1, 0.15) is 5.82 Å². The fourth-order valence-corrected chi connectivity index (χ4v) is 1.14. The summed E-state index contributed by atoms with van der Waals surface area (Å²) in [6.45, 7) is 1.08. The first-order chi connectivity index (χ1) is 7.69. The first-order valence-electron chi connectivity index (χ1n) is 4.35. The highest BCUT2D eigenvalue weighted by atomic mass is 35.5. The molecule has 0 atom stereocenters. The normalized spacial score (nSPS) is 9.94. The zero-order valence-corrected chi connectivity index (χ0v) is 9.32. The molecule has 3 N–H and O–H groups in total. The Morgan fingerprint density at radius 1 is 1.69 bits per heavy atom. The quantitative estimate of drug-likeness (QED) is 0.566. The van der Waals surface area contributed by atoms with E-state index in [2.05, 4.69) is 20.1 Å².